The fourth-order valence-corrected chi connectivity index (χ4v) is 5.45. The van der Waals surface area contributed by atoms with Gasteiger partial charge in [0.1, 0.15) is 6.10 Å². The van der Waals surface area contributed by atoms with Crippen molar-refractivity contribution >= 4 is 5.78 Å². The molecule has 0 heterocycles. The van der Waals surface area contributed by atoms with Crippen LogP contribution in [0.15, 0.2) is 0 Å². The molecule has 0 saturated heterocycles. The summed E-state index contributed by atoms with van der Waals surface area (Å²) in [4.78, 5) is 12.3. The molecule has 3 atom stereocenters. The molecule has 4 N–H and O–H groups in total. The van der Waals surface area contributed by atoms with Crippen molar-refractivity contribution in [3.63, 3.8) is 0 Å². The Labute approximate surface area is 238 Å². The van der Waals surface area contributed by atoms with Gasteiger partial charge in [-0.2, -0.15) is 0 Å². The third-order valence-corrected chi connectivity index (χ3v) is 8.27. The summed E-state index contributed by atoms with van der Waals surface area (Å²) < 4.78 is 0. The van der Waals surface area contributed by atoms with Gasteiger partial charge < -0.3 is 15.9 Å². The summed E-state index contributed by atoms with van der Waals surface area (Å²) in [6.45, 7) is 4.53. The maximum Gasteiger partial charge on any atom is 0.162 e. The molecule has 0 radical (unpaired) electrons. The maximum atomic E-state index is 12.3. The zero-order valence-corrected chi connectivity index (χ0v) is 25.9. The Hall–Kier alpha value is -0.450. The summed E-state index contributed by atoms with van der Waals surface area (Å²) in [5.74, 6) is -0.204. The molecule has 4 heteroatoms. The molecule has 1 unspecified atom stereocenters. The van der Waals surface area contributed by atoms with E-state index in [1.807, 2.05) is 0 Å². The first-order chi connectivity index (χ1) is 18.5. The van der Waals surface area contributed by atoms with E-state index in [1.54, 1.807) is 0 Å². The lowest BCUT2D eigenvalue weighted by atomic mass is 9.95. The Bertz CT molecular complexity index is 484. The zero-order chi connectivity index (χ0) is 28.1. The lowest BCUT2D eigenvalue weighted by Gasteiger charge is -2.23. The third kappa shape index (κ3) is 24.6. The SMILES string of the molecule is CCCCCCCCCCCCCCCC(=O)C(O)[C@H](N)[C@H](O)CCCCCCCCCCCCCCC. The Morgan fingerprint density at radius 3 is 1.13 bits per heavy atom. The molecule has 0 rings (SSSR count). The molecule has 38 heavy (non-hydrogen) atoms. The van der Waals surface area contributed by atoms with E-state index in [9.17, 15) is 15.0 Å². The van der Waals surface area contributed by atoms with E-state index >= 15 is 0 Å². The molecule has 0 aromatic rings. The molecule has 0 bridgehead atoms. The summed E-state index contributed by atoms with van der Waals surface area (Å²) in [6, 6.07) is -0.859. The van der Waals surface area contributed by atoms with Crippen molar-refractivity contribution in [1.29, 1.82) is 0 Å². The highest BCUT2D eigenvalue weighted by atomic mass is 16.3. The van der Waals surface area contributed by atoms with E-state index in [-0.39, 0.29) is 5.78 Å². The molecule has 228 valence electrons. The van der Waals surface area contributed by atoms with Crippen LogP contribution >= 0.6 is 0 Å². The Balaban J connectivity index is 3.57. The number of Topliss-reactive ketones (excluding diaryl/α,β-unsaturated/α-hetero) is 1. The second-order valence-corrected chi connectivity index (χ2v) is 12.1. The van der Waals surface area contributed by atoms with Gasteiger partial charge in [0.25, 0.3) is 0 Å². The minimum Gasteiger partial charge on any atom is -0.391 e. The van der Waals surface area contributed by atoms with Crippen molar-refractivity contribution in [2.24, 2.45) is 5.73 Å². The van der Waals surface area contributed by atoms with Gasteiger partial charge in [0.2, 0.25) is 0 Å². The summed E-state index contributed by atoms with van der Waals surface area (Å²) in [5, 5.41) is 20.7. The van der Waals surface area contributed by atoms with Crippen molar-refractivity contribution in [2.75, 3.05) is 0 Å². The lowest BCUT2D eigenvalue weighted by molar-refractivity contribution is -0.129. The smallest absolute Gasteiger partial charge is 0.162 e. The largest absolute Gasteiger partial charge is 0.391 e. The second kappa shape index (κ2) is 29.5. The lowest BCUT2D eigenvalue weighted by Crippen LogP contribution is -2.48. The van der Waals surface area contributed by atoms with E-state index in [1.165, 1.54) is 135 Å². The highest BCUT2D eigenvalue weighted by Gasteiger charge is 2.27. The van der Waals surface area contributed by atoms with E-state index in [4.69, 9.17) is 5.73 Å². The fourth-order valence-electron chi connectivity index (χ4n) is 5.45. The van der Waals surface area contributed by atoms with Crippen molar-refractivity contribution in [1.82, 2.24) is 0 Å². The number of unbranched alkanes of at least 4 members (excludes halogenated alkanes) is 24. The predicted octanol–water partition coefficient (Wildman–Crippen LogP) is 9.57. The summed E-state index contributed by atoms with van der Waals surface area (Å²) in [7, 11) is 0. The summed E-state index contributed by atoms with van der Waals surface area (Å²) >= 11 is 0. The average molecular weight is 540 g/mol. The van der Waals surface area contributed by atoms with Gasteiger partial charge >= 0.3 is 0 Å². The highest BCUT2D eigenvalue weighted by molar-refractivity contribution is 5.83. The molecule has 0 spiro atoms. The van der Waals surface area contributed by atoms with Crippen molar-refractivity contribution in [3.05, 3.63) is 0 Å². The first-order valence-corrected chi connectivity index (χ1v) is 17.2. The highest BCUT2D eigenvalue weighted by Crippen LogP contribution is 2.16. The Kier molecular flexibility index (Phi) is 29.2. The fraction of sp³-hybridized carbons (Fsp3) is 0.971. The molecule has 0 amide bonds. The number of ketones is 1. The van der Waals surface area contributed by atoms with Gasteiger partial charge in [0.15, 0.2) is 5.78 Å². The van der Waals surface area contributed by atoms with E-state index in [2.05, 4.69) is 13.8 Å². The third-order valence-electron chi connectivity index (χ3n) is 8.27. The number of rotatable bonds is 31. The number of hydrogen-bond donors (Lipinski definition) is 3. The quantitative estimate of drug-likeness (QED) is 0.0766. The van der Waals surface area contributed by atoms with Gasteiger partial charge in [-0.25, -0.2) is 0 Å². The van der Waals surface area contributed by atoms with Crippen LogP contribution in [0, 0.1) is 0 Å². The van der Waals surface area contributed by atoms with Gasteiger partial charge in [0.05, 0.1) is 12.1 Å². The molecule has 0 aliphatic heterocycles. The second-order valence-electron chi connectivity index (χ2n) is 12.1. The van der Waals surface area contributed by atoms with Crippen LogP contribution < -0.4 is 5.73 Å². The van der Waals surface area contributed by atoms with Crippen LogP contribution in [0.2, 0.25) is 0 Å². The first kappa shape index (κ1) is 37.6. The number of nitrogens with two attached hydrogens (primary N) is 1. The maximum absolute atomic E-state index is 12.3. The van der Waals surface area contributed by atoms with Crippen molar-refractivity contribution < 1.29 is 15.0 Å². The number of carbonyl (C=O) groups excluding carboxylic acids is 1. The van der Waals surface area contributed by atoms with Gasteiger partial charge in [-0.05, 0) is 12.8 Å². The number of aliphatic hydroxyl groups is 2. The van der Waals surface area contributed by atoms with Crippen LogP contribution in [0.5, 0.6) is 0 Å². The molecular weight excluding hydrogens is 470 g/mol. The minimum atomic E-state index is -1.23. The molecule has 0 aromatic heterocycles. The van der Waals surface area contributed by atoms with Gasteiger partial charge in [-0.15, -0.1) is 0 Å². The number of aliphatic hydroxyl groups excluding tert-OH is 2. The normalized spacial score (nSPS) is 14.0. The molecule has 0 aromatic carbocycles. The van der Waals surface area contributed by atoms with Crippen LogP contribution in [0.25, 0.3) is 0 Å². The van der Waals surface area contributed by atoms with Gasteiger partial charge in [-0.3, -0.25) is 4.79 Å². The predicted molar refractivity (Wildman–Crippen MR) is 166 cm³/mol. The number of carbonyl (C=O) groups is 1. The van der Waals surface area contributed by atoms with Crippen molar-refractivity contribution in [3.8, 4) is 0 Å². The Morgan fingerprint density at radius 2 is 0.789 bits per heavy atom. The van der Waals surface area contributed by atoms with Crippen LogP contribution in [-0.4, -0.2) is 34.2 Å². The summed E-state index contributed by atoms with van der Waals surface area (Å²) in [6.07, 6.45) is 32.2. The van der Waals surface area contributed by atoms with Crippen LogP contribution in [0.3, 0.4) is 0 Å². The molecule has 4 nitrogen and oxygen atoms in total. The van der Waals surface area contributed by atoms with E-state index in [0.29, 0.717) is 12.8 Å². The number of hydrogen-bond acceptors (Lipinski definition) is 4. The van der Waals surface area contributed by atoms with Crippen LogP contribution in [0.1, 0.15) is 194 Å². The van der Waals surface area contributed by atoms with E-state index < -0.39 is 18.2 Å². The molecular formula is C34H69NO3. The standard InChI is InChI=1S/C34H69NO3/c1-3-5-7-9-11-13-15-17-19-21-23-25-27-29-31(36)33(35)34(38)32(37)30-28-26-24-22-20-18-16-14-12-10-8-6-4-2/h31,33-34,36,38H,3-30,35H2,1-2H3/t31-,33-,34?/m1/s1. The average Bonchev–Trinajstić information content (AvgIpc) is 2.92. The van der Waals surface area contributed by atoms with E-state index in [0.717, 1.165) is 32.1 Å². The first-order valence-electron chi connectivity index (χ1n) is 17.2. The van der Waals surface area contributed by atoms with Gasteiger partial charge in [-0.1, -0.05) is 174 Å². The zero-order valence-electron chi connectivity index (χ0n) is 25.9. The minimum absolute atomic E-state index is 0.204. The Morgan fingerprint density at radius 1 is 0.500 bits per heavy atom. The van der Waals surface area contributed by atoms with Crippen molar-refractivity contribution in [2.45, 2.75) is 212 Å². The summed E-state index contributed by atoms with van der Waals surface area (Å²) in [5.41, 5.74) is 6.03. The molecule has 0 saturated carbocycles. The molecule has 0 aliphatic carbocycles. The topological polar surface area (TPSA) is 83.5 Å². The monoisotopic (exact) mass is 540 g/mol. The molecule has 0 aliphatic rings. The van der Waals surface area contributed by atoms with Crippen LogP contribution in [-0.2, 0) is 4.79 Å². The molecule has 0 fully saturated rings. The van der Waals surface area contributed by atoms with Gasteiger partial charge in [0, 0.05) is 6.42 Å². The van der Waals surface area contributed by atoms with Crippen LogP contribution in [0.4, 0.5) is 0 Å².